The van der Waals surface area contributed by atoms with Crippen molar-refractivity contribution in [1.82, 2.24) is 14.5 Å². The normalized spacial score (nSPS) is 14.8. The number of fused-ring (bicyclic) bond motifs is 1. The van der Waals surface area contributed by atoms with Crippen molar-refractivity contribution in [3.8, 4) is 6.07 Å². The van der Waals surface area contributed by atoms with Crippen LogP contribution in [0.25, 0.3) is 11.0 Å². The van der Waals surface area contributed by atoms with Crippen LogP contribution in [0.5, 0.6) is 0 Å². The molecule has 1 heterocycles. The van der Waals surface area contributed by atoms with Gasteiger partial charge in [0, 0.05) is 31.4 Å². The standard InChI is InChI=1S/C16H19ClN4/c1-20(13-5-6-13)9-10-21-14-4-2-3-12(11-18)16(14)19-15(21)7-8-17/h2-4,13H,5-10H2,1H3. The van der Waals surface area contributed by atoms with E-state index in [2.05, 4.69) is 27.6 Å². The van der Waals surface area contributed by atoms with Crippen molar-refractivity contribution in [2.45, 2.75) is 31.8 Å². The van der Waals surface area contributed by atoms with E-state index < -0.39 is 0 Å². The van der Waals surface area contributed by atoms with Crippen molar-refractivity contribution in [3.05, 3.63) is 29.6 Å². The minimum Gasteiger partial charge on any atom is -0.327 e. The lowest BCUT2D eigenvalue weighted by Crippen LogP contribution is -2.25. The van der Waals surface area contributed by atoms with Crippen molar-refractivity contribution >= 4 is 22.6 Å². The lowest BCUT2D eigenvalue weighted by Gasteiger charge is -2.17. The number of nitrogens with zero attached hydrogens (tertiary/aromatic N) is 4. The van der Waals surface area contributed by atoms with E-state index in [1.807, 2.05) is 18.2 Å². The van der Waals surface area contributed by atoms with Gasteiger partial charge in [-0.15, -0.1) is 11.6 Å². The summed E-state index contributed by atoms with van der Waals surface area (Å²) in [6.07, 6.45) is 3.36. The molecule has 4 nitrogen and oxygen atoms in total. The molecule has 1 aliphatic rings. The van der Waals surface area contributed by atoms with E-state index in [9.17, 15) is 5.26 Å². The molecule has 0 unspecified atom stereocenters. The first-order valence-corrected chi connectivity index (χ1v) is 7.92. The van der Waals surface area contributed by atoms with Gasteiger partial charge < -0.3 is 9.47 Å². The van der Waals surface area contributed by atoms with Gasteiger partial charge in [-0.2, -0.15) is 5.26 Å². The first kappa shape index (κ1) is 14.4. The van der Waals surface area contributed by atoms with Crippen LogP contribution in [-0.2, 0) is 13.0 Å². The molecule has 1 saturated carbocycles. The number of nitriles is 1. The second-order valence-corrected chi connectivity index (χ2v) is 5.99. The van der Waals surface area contributed by atoms with Crippen LogP contribution in [0.3, 0.4) is 0 Å². The molecule has 2 aromatic rings. The molecule has 0 saturated heterocycles. The molecule has 0 radical (unpaired) electrons. The first-order chi connectivity index (χ1) is 10.2. The Balaban J connectivity index is 1.93. The molecular formula is C16H19ClN4. The molecule has 0 spiro atoms. The average Bonchev–Trinajstić information content (AvgIpc) is 3.28. The van der Waals surface area contributed by atoms with Gasteiger partial charge in [0.1, 0.15) is 17.4 Å². The topological polar surface area (TPSA) is 44.9 Å². The maximum Gasteiger partial charge on any atom is 0.111 e. The zero-order chi connectivity index (χ0) is 14.8. The largest absolute Gasteiger partial charge is 0.327 e. The Morgan fingerprint density at radius 1 is 1.48 bits per heavy atom. The predicted octanol–water partition coefficient (Wildman–Crippen LogP) is 2.78. The van der Waals surface area contributed by atoms with E-state index >= 15 is 0 Å². The third-order valence-electron chi connectivity index (χ3n) is 4.14. The molecule has 21 heavy (non-hydrogen) atoms. The summed E-state index contributed by atoms with van der Waals surface area (Å²) >= 11 is 5.90. The summed E-state index contributed by atoms with van der Waals surface area (Å²) in [7, 11) is 2.18. The number of hydrogen-bond donors (Lipinski definition) is 0. The number of alkyl halides is 1. The van der Waals surface area contributed by atoms with Gasteiger partial charge in [0.2, 0.25) is 0 Å². The molecule has 1 aromatic heterocycles. The van der Waals surface area contributed by atoms with Gasteiger partial charge in [-0.3, -0.25) is 0 Å². The Hall–Kier alpha value is -1.57. The molecular weight excluding hydrogens is 284 g/mol. The van der Waals surface area contributed by atoms with Crippen molar-refractivity contribution in [2.75, 3.05) is 19.5 Å². The smallest absolute Gasteiger partial charge is 0.111 e. The number of imidazole rings is 1. The fraction of sp³-hybridized carbons (Fsp3) is 0.500. The molecule has 0 amide bonds. The number of likely N-dealkylation sites (N-methyl/N-ethyl adjacent to an activating group) is 1. The number of aryl methyl sites for hydroxylation is 1. The lowest BCUT2D eigenvalue weighted by atomic mass is 10.2. The Morgan fingerprint density at radius 3 is 2.95 bits per heavy atom. The summed E-state index contributed by atoms with van der Waals surface area (Å²) in [5.74, 6) is 1.52. The highest BCUT2D eigenvalue weighted by Gasteiger charge is 2.26. The molecule has 0 N–H and O–H groups in total. The van der Waals surface area contributed by atoms with Gasteiger partial charge in [-0.1, -0.05) is 6.07 Å². The number of aromatic nitrogens is 2. The number of para-hydroxylation sites is 1. The second-order valence-electron chi connectivity index (χ2n) is 5.62. The van der Waals surface area contributed by atoms with Gasteiger partial charge >= 0.3 is 0 Å². The number of benzene rings is 1. The van der Waals surface area contributed by atoms with Gasteiger partial charge in [-0.25, -0.2) is 4.98 Å². The van der Waals surface area contributed by atoms with E-state index in [0.29, 0.717) is 11.4 Å². The number of hydrogen-bond acceptors (Lipinski definition) is 3. The van der Waals surface area contributed by atoms with Crippen molar-refractivity contribution in [1.29, 1.82) is 5.26 Å². The van der Waals surface area contributed by atoms with E-state index in [0.717, 1.165) is 42.4 Å². The molecule has 1 aliphatic carbocycles. The predicted molar refractivity (Wildman–Crippen MR) is 84.5 cm³/mol. The van der Waals surface area contributed by atoms with Crippen molar-refractivity contribution < 1.29 is 0 Å². The molecule has 110 valence electrons. The van der Waals surface area contributed by atoms with Gasteiger partial charge in [0.05, 0.1) is 11.1 Å². The Labute approximate surface area is 129 Å². The van der Waals surface area contributed by atoms with Crippen LogP contribution in [-0.4, -0.2) is 40.0 Å². The average molecular weight is 303 g/mol. The van der Waals surface area contributed by atoms with E-state index in [1.165, 1.54) is 12.8 Å². The summed E-state index contributed by atoms with van der Waals surface area (Å²) in [5.41, 5.74) is 2.48. The fourth-order valence-corrected chi connectivity index (χ4v) is 2.93. The van der Waals surface area contributed by atoms with Gasteiger partial charge in [-0.05, 0) is 32.0 Å². The quantitative estimate of drug-likeness (QED) is 0.771. The van der Waals surface area contributed by atoms with Crippen LogP contribution >= 0.6 is 11.6 Å². The molecule has 1 aromatic carbocycles. The van der Waals surface area contributed by atoms with Gasteiger partial charge in [0.25, 0.3) is 0 Å². The van der Waals surface area contributed by atoms with Crippen LogP contribution in [0.4, 0.5) is 0 Å². The Kier molecular flexibility index (Phi) is 4.14. The molecule has 5 heteroatoms. The molecule has 1 fully saturated rings. The summed E-state index contributed by atoms with van der Waals surface area (Å²) in [4.78, 5) is 7.06. The maximum atomic E-state index is 9.23. The van der Waals surface area contributed by atoms with E-state index in [4.69, 9.17) is 11.6 Å². The third kappa shape index (κ3) is 2.90. The van der Waals surface area contributed by atoms with Crippen LogP contribution in [0.1, 0.15) is 24.2 Å². The van der Waals surface area contributed by atoms with Crippen LogP contribution in [0, 0.1) is 11.3 Å². The minimum absolute atomic E-state index is 0.545. The van der Waals surface area contributed by atoms with Crippen molar-refractivity contribution in [3.63, 3.8) is 0 Å². The Morgan fingerprint density at radius 2 is 2.29 bits per heavy atom. The number of rotatable bonds is 6. The maximum absolute atomic E-state index is 9.23. The highest BCUT2D eigenvalue weighted by atomic mass is 35.5. The molecule has 3 rings (SSSR count). The zero-order valence-corrected chi connectivity index (χ0v) is 13.0. The zero-order valence-electron chi connectivity index (χ0n) is 12.2. The van der Waals surface area contributed by atoms with Crippen LogP contribution < -0.4 is 0 Å². The van der Waals surface area contributed by atoms with Crippen LogP contribution in [0.15, 0.2) is 18.2 Å². The summed E-state index contributed by atoms with van der Waals surface area (Å²) < 4.78 is 2.22. The summed E-state index contributed by atoms with van der Waals surface area (Å²) in [5, 5.41) is 9.23. The third-order valence-corrected chi connectivity index (χ3v) is 4.33. The molecule has 0 atom stereocenters. The van der Waals surface area contributed by atoms with E-state index in [-0.39, 0.29) is 0 Å². The minimum atomic E-state index is 0.545. The van der Waals surface area contributed by atoms with Crippen LogP contribution in [0.2, 0.25) is 0 Å². The lowest BCUT2D eigenvalue weighted by molar-refractivity contribution is 0.309. The summed E-state index contributed by atoms with van der Waals surface area (Å²) in [6, 6.07) is 8.77. The second kappa shape index (κ2) is 6.05. The monoisotopic (exact) mass is 302 g/mol. The Bertz CT molecular complexity index is 681. The summed E-state index contributed by atoms with van der Waals surface area (Å²) in [6.45, 7) is 1.90. The highest BCUT2D eigenvalue weighted by Crippen LogP contribution is 2.26. The molecule has 0 aliphatic heterocycles. The highest BCUT2D eigenvalue weighted by molar-refractivity contribution is 6.17. The van der Waals surface area contributed by atoms with Crippen molar-refractivity contribution in [2.24, 2.45) is 0 Å². The van der Waals surface area contributed by atoms with Gasteiger partial charge in [0.15, 0.2) is 0 Å². The SMILES string of the molecule is CN(CCn1c(CCCl)nc2c(C#N)cccc21)C1CC1. The fourth-order valence-electron chi connectivity index (χ4n) is 2.77. The molecule has 0 bridgehead atoms. The number of halogens is 1. The first-order valence-electron chi connectivity index (χ1n) is 7.39. The van der Waals surface area contributed by atoms with E-state index in [1.54, 1.807) is 0 Å².